The molecule has 1 aliphatic rings. The summed E-state index contributed by atoms with van der Waals surface area (Å²) in [5.74, 6) is 0. The Bertz CT molecular complexity index is 120. The zero-order valence-electron chi connectivity index (χ0n) is 8.68. The monoisotopic (exact) mass is 172 g/mol. The predicted molar refractivity (Wildman–Crippen MR) is 51.1 cm³/mol. The lowest BCUT2D eigenvalue weighted by Gasteiger charge is -2.35. The van der Waals surface area contributed by atoms with Gasteiger partial charge in [-0.1, -0.05) is 6.42 Å². The summed E-state index contributed by atoms with van der Waals surface area (Å²) in [5.41, 5.74) is 0. The maximum atomic E-state index is 5.60. The first kappa shape index (κ1) is 10.0. The Morgan fingerprint density at radius 1 is 1.08 bits per heavy atom. The van der Waals surface area contributed by atoms with E-state index in [0.717, 1.165) is 17.7 Å². The van der Waals surface area contributed by atoms with Crippen molar-refractivity contribution in [3.8, 4) is 0 Å². The van der Waals surface area contributed by atoms with Crippen LogP contribution >= 0.6 is 0 Å². The van der Waals surface area contributed by atoms with Gasteiger partial charge in [-0.15, -0.1) is 0 Å². The van der Waals surface area contributed by atoms with Crippen LogP contribution in [0, 0.1) is 0 Å². The molecule has 72 valence electrons. The molecule has 1 fully saturated rings. The molecule has 1 atom stereocenters. The molecule has 1 aliphatic heterocycles. The van der Waals surface area contributed by atoms with Gasteiger partial charge in [0.1, 0.15) is 6.04 Å². The van der Waals surface area contributed by atoms with E-state index in [4.69, 9.17) is 4.74 Å². The molecule has 0 unspecified atom stereocenters. The van der Waals surface area contributed by atoms with Crippen LogP contribution < -0.4 is 0 Å². The van der Waals surface area contributed by atoms with Crippen molar-refractivity contribution in [3.63, 3.8) is 0 Å². The van der Waals surface area contributed by atoms with Crippen LogP contribution in [0.25, 0.3) is 0 Å². The van der Waals surface area contributed by atoms with E-state index < -0.39 is 0 Å². The van der Waals surface area contributed by atoms with E-state index in [0.29, 0.717) is 6.04 Å². The number of hydrogen-bond donors (Lipinski definition) is 0. The van der Waals surface area contributed by atoms with Gasteiger partial charge in [0.25, 0.3) is 0 Å². The SMILES string of the molecule is C[N+](C)(C)[C@H]1CCCCCOC1. The van der Waals surface area contributed by atoms with E-state index >= 15 is 0 Å². The fourth-order valence-electron chi connectivity index (χ4n) is 1.67. The van der Waals surface area contributed by atoms with Crippen molar-refractivity contribution in [2.45, 2.75) is 31.7 Å². The van der Waals surface area contributed by atoms with Crippen LogP contribution in [0.1, 0.15) is 25.7 Å². The van der Waals surface area contributed by atoms with Crippen LogP contribution in [0.3, 0.4) is 0 Å². The summed E-state index contributed by atoms with van der Waals surface area (Å²) in [6, 6.07) is 0.699. The number of ether oxygens (including phenoxy) is 1. The average molecular weight is 172 g/mol. The van der Waals surface area contributed by atoms with Crippen LogP contribution in [-0.2, 0) is 4.74 Å². The molecule has 0 aromatic heterocycles. The van der Waals surface area contributed by atoms with Crippen molar-refractivity contribution in [2.24, 2.45) is 0 Å². The summed E-state index contributed by atoms with van der Waals surface area (Å²) >= 11 is 0. The number of nitrogens with zero attached hydrogens (tertiary/aromatic N) is 1. The van der Waals surface area contributed by atoms with Gasteiger partial charge in [-0.2, -0.15) is 0 Å². The lowest BCUT2D eigenvalue weighted by Crippen LogP contribution is -2.48. The van der Waals surface area contributed by atoms with E-state index in [1.807, 2.05) is 0 Å². The quantitative estimate of drug-likeness (QED) is 0.546. The highest BCUT2D eigenvalue weighted by atomic mass is 16.5. The normalized spacial score (nSPS) is 27.8. The third-order valence-corrected chi connectivity index (χ3v) is 2.73. The first-order valence-corrected chi connectivity index (χ1v) is 4.99. The van der Waals surface area contributed by atoms with Gasteiger partial charge in [0.15, 0.2) is 0 Å². The molecule has 1 saturated heterocycles. The molecule has 2 heteroatoms. The minimum atomic E-state index is 0.699. The second-order valence-corrected chi connectivity index (χ2v) is 4.69. The fraction of sp³-hybridized carbons (Fsp3) is 1.00. The summed E-state index contributed by atoms with van der Waals surface area (Å²) in [5, 5.41) is 0. The summed E-state index contributed by atoms with van der Waals surface area (Å²) in [6.07, 6.45) is 5.30. The summed E-state index contributed by atoms with van der Waals surface area (Å²) in [4.78, 5) is 0. The average Bonchev–Trinajstić information content (AvgIpc) is 1.81. The lowest BCUT2D eigenvalue weighted by molar-refractivity contribution is -0.897. The van der Waals surface area contributed by atoms with Crippen LogP contribution in [0.5, 0.6) is 0 Å². The van der Waals surface area contributed by atoms with Crippen molar-refractivity contribution in [2.75, 3.05) is 34.4 Å². The van der Waals surface area contributed by atoms with Crippen LogP contribution in [0.4, 0.5) is 0 Å². The summed E-state index contributed by atoms with van der Waals surface area (Å²) < 4.78 is 6.64. The van der Waals surface area contributed by atoms with Gasteiger partial charge < -0.3 is 9.22 Å². The van der Waals surface area contributed by atoms with Gasteiger partial charge in [0, 0.05) is 13.0 Å². The van der Waals surface area contributed by atoms with Crippen LogP contribution in [0.2, 0.25) is 0 Å². The Hall–Kier alpha value is -0.0800. The molecule has 0 aromatic carbocycles. The molecule has 0 N–H and O–H groups in total. The second-order valence-electron chi connectivity index (χ2n) is 4.69. The number of rotatable bonds is 1. The van der Waals surface area contributed by atoms with E-state index in [1.165, 1.54) is 25.7 Å². The molecule has 12 heavy (non-hydrogen) atoms. The maximum Gasteiger partial charge on any atom is 0.112 e. The maximum absolute atomic E-state index is 5.60. The largest absolute Gasteiger partial charge is 0.375 e. The summed E-state index contributed by atoms with van der Waals surface area (Å²) in [7, 11) is 6.78. The standard InChI is InChI=1S/C10H22NO/c1-11(2,3)10-7-5-4-6-8-12-9-10/h10H,4-9H2,1-3H3/q+1/t10-/m0/s1. The van der Waals surface area contributed by atoms with Gasteiger partial charge >= 0.3 is 0 Å². The number of likely N-dealkylation sites (N-methyl/N-ethyl adjacent to an activating group) is 1. The first-order chi connectivity index (χ1) is 5.61. The molecule has 2 nitrogen and oxygen atoms in total. The van der Waals surface area contributed by atoms with E-state index in [1.54, 1.807) is 0 Å². The topological polar surface area (TPSA) is 9.23 Å². The molecule has 0 aliphatic carbocycles. The van der Waals surface area contributed by atoms with E-state index in [-0.39, 0.29) is 0 Å². The zero-order chi connectivity index (χ0) is 9.03. The van der Waals surface area contributed by atoms with Crippen molar-refractivity contribution < 1.29 is 9.22 Å². The highest BCUT2D eigenvalue weighted by Gasteiger charge is 2.24. The molecule has 1 heterocycles. The summed E-state index contributed by atoms with van der Waals surface area (Å²) in [6.45, 7) is 1.92. The number of quaternary nitrogens is 1. The van der Waals surface area contributed by atoms with Crippen LogP contribution in [0.15, 0.2) is 0 Å². The third-order valence-electron chi connectivity index (χ3n) is 2.73. The van der Waals surface area contributed by atoms with Gasteiger partial charge in [-0.3, -0.25) is 0 Å². The number of hydrogen-bond acceptors (Lipinski definition) is 1. The van der Waals surface area contributed by atoms with Crippen molar-refractivity contribution in [1.29, 1.82) is 0 Å². The molecule has 0 spiro atoms. The molecule has 0 radical (unpaired) electrons. The Morgan fingerprint density at radius 3 is 2.50 bits per heavy atom. The van der Waals surface area contributed by atoms with Crippen LogP contribution in [-0.4, -0.2) is 44.9 Å². The minimum absolute atomic E-state index is 0.699. The fourth-order valence-corrected chi connectivity index (χ4v) is 1.67. The molecule has 1 rings (SSSR count). The van der Waals surface area contributed by atoms with E-state index in [9.17, 15) is 0 Å². The first-order valence-electron chi connectivity index (χ1n) is 4.99. The Morgan fingerprint density at radius 2 is 1.83 bits per heavy atom. The highest BCUT2D eigenvalue weighted by molar-refractivity contribution is 4.60. The third kappa shape index (κ3) is 3.11. The highest BCUT2D eigenvalue weighted by Crippen LogP contribution is 2.15. The molecule has 0 amide bonds. The lowest BCUT2D eigenvalue weighted by atomic mass is 10.1. The molecule has 0 aromatic rings. The Balaban J connectivity index is 2.40. The zero-order valence-corrected chi connectivity index (χ0v) is 8.68. The second kappa shape index (κ2) is 4.24. The predicted octanol–water partition coefficient (Wildman–Crippen LogP) is 1.65. The Kier molecular flexibility index (Phi) is 3.53. The van der Waals surface area contributed by atoms with Crippen molar-refractivity contribution >= 4 is 0 Å². The smallest absolute Gasteiger partial charge is 0.112 e. The molecule has 0 saturated carbocycles. The molecular weight excluding hydrogens is 150 g/mol. The van der Waals surface area contributed by atoms with Gasteiger partial charge in [0.05, 0.1) is 27.7 Å². The van der Waals surface area contributed by atoms with Crippen molar-refractivity contribution in [1.82, 2.24) is 0 Å². The molecular formula is C10H22NO+. The van der Waals surface area contributed by atoms with Gasteiger partial charge in [-0.25, -0.2) is 0 Å². The van der Waals surface area contributed by atoms with Crippen molar-refractivity contribution in [3.05, 3.63) is 0 Å². The van der Waals surface area contributed by atoms with E-state index in [2.05, 4.69) is 21.1 Å². The van der Waals surface area contributed by atoms with Gasteiger partial charge in [-0.05, 0) is 12.8 Å². The Labute approximate surface area is 76.1 Å². The minimum Gasteiger partial charge on any atom is -0.375 e. The van der Waals surface area contributed by atoms with Gasteiger partial charge in [0.2, 0.25) is 0 Å². The molecule has 0 bridgehead atoms.